The lowest BCUT2D eigenvalue weighted by Crippen LogP contribution is -2.35. The van der Waals surface area contributed by atoms with Crippen LogP contribution in [0.5, 0.6) is 5.75 Å². The largest absolute Gasteiger partial charge is 0.491 e. The van der Waals surface area contributed by atoms with Crippen LogP contribution in [0.25, 0.3) is 21.6 Å². The fraction of sp³-hybridized carbons (Fsp3) is 0.595. The molecule has 4 unspecified atom stereocenters. The Balaban J connectivity index is 1.18. The zero-order chi connectivity index (χ0) is 32.9. The average molecular weight is 655 g/mol. The maximum atomic E-state index is 11.7. The van der Waals surface area contributed by atoms with Gasteiger partial charge in [0.25, 0.3) is 0 Å². The van der Waals surface area contributed by atoms with E-state index in [-0.39, 0.29) is 30.4 Å². The number of thiophene rings is 1. The number of ether oxygens (including phenoxy) is 6. The molecule has 0 saturated carbocycles. The van der Waals surface area contributed by atoms with Crippen molar-refractivity contribution in [2.24, 2.45) is 0 Å². The number of fused-ring (bicyclic) bond motifs is 1. The average Bonchev–Trinajstić information content (AvgIpc) is 3.76. The van der Waals surface area contributed by atoms with Gasteiger partial charge in [0.2, 0.25) is 0 Å². The minimum absolute atomic E-state index is 0.163. The van der Waals surface area contributed by atoms with E-state index in [0.717, 1.165) is 28.0 Å². The first-order chi connectivity index (χ1) is 21.9. The Labute approximate surface area is 277 Å². The summed E-state index contributed by atoms with van der Waals surface area (Å²) in [6, 6.07) is 12.4. The highest BCUT2D eigenvalue weighted by atomic mass is 32.1. The van der Waals surface area contributed by atoms with Gasteiger partial charge in [0, 0.05) is 28.3 Å². The Kier molecular flexibility index (Phi) is 11.3. The van der Waals surface area contributed by atoms with E-state index < -0.39 is 11.6 Å². The molecule has 8 nitrogen and oxygen atoms in total. The summed E-state index contributed by atoms with van der Waals surface area (Å²) >= 11 is 1.81. The molecular weight excluding hydrogens is 604 g/mol. The number of esters is 1. The third-order valence-corrected chi connectivity index (χ3v) is 9.50. The normalized spacial score (nSPS) is 23.6. The molecule has 4 atom stereocenters. The zero-order valence-corrected chi connectivity index (χ0v) is 29.0. The van der Waals surface area contributed by atoms with Crippen molar-refractivity contribution in [1.29, 1.82) is 0 Å². The van der Waals surface area contributed by atoms with Crippen molar-refractivity contribution in [2.45, 2.75) is 129 Å². The first-order valence-electron chi connectivity index (χ1n) is 16.7. The molecule has 9 heteroatoms. The van der Waals surface area contributed by atoms with Crippen molar-refractivity contribution in [2.75, 3.05) is 13.2 Å². The Bertz CT molecular complexity index is 1470. The highest BCUT2D eigenvalue weighted by Crippen LogP contribution is 2.39. The number of furan rings is 1. The molecule has 3 aromatic rings. The van der Waals surface area contributed by atoms with Gasteiger partial charge in [-0.3, -0.25) is 0 Å². The zero-order valence-electron chi connectivity index (χ0n) is 28.2. The third-order valence-electron chi connectivity index (χ3n) is 8.34. The lowest BCUT2D eigenvalue weighted by Gasteiger charge is -2.23. The smallest absolute Gasteiger partial charge is 0.333 e. The van der Waals surface area contributed by atoms with Crippen LogP contribution in [0.4, 0.5) is 0 Å². The number of carbonyl (C=O) groups is 1. The molecule has 2 saturated heterocycles. The molecule has 0 spiro atoms. The second-order valence-electron chi connectivity index (χ2n) is 13.4. The fourth-order valence-electron chi connectivity index (χ4n) is 6.18. The number of hydrogen-bond donors (Lipinski definition) is 0. The van der Waals surface area contributed by atoms with Crippen molar-refractivity contribution >= 4 is 28.3 Å². The van der Waals surface area contributed by atoms with Crippen LogP contribution in [0.3, 0.4) is 0 Å². The summed E-state index contributed by atoms with van der Waals surface area (Å²) in [7, 11) is 0. The van der Waals surface area contributed by atoms with Gasteiger partial charge in [-0.2, -0.15) is 0 Å². The van der Waals surface area contributed by atoms with Crippen LogP contribution in [0.2, 0.25) is 0 Å². The Morgan fingerprint density at radius 2 is 1.61 bits per heavy atom. The third kappa shape index (κ3) is 9.22. The van der Waals surface area contributed by atoms with Crippen LogP contribution in [0.1, 0.15) is 91.4 Å². The Morgan fingerprint density at radius 1 is 0.891 bits per heavy atom. The number of carbonyl (C=O) groups excluding carboxylic acids is 1. The van der Waals surface area contributed by atoms with Gasteiger partial charge in [-0.25, -0.2) is 4.79 Å². The van der Waals surface area contributed by atoms with Crippen molar-refractivity contribution in [3.8, 4) is 16.4 Å². The Hall–Kier alpha value is -2.69. The van der Waals surface area contributed by atoms with Crippen molar-refractivity contribution in [3.63, 3.8) is 0 Å². The molecule has 0 aliphatic carbocycles. The fourth-order valence-corrected chi connectivity index (χ4v) is 7.18. The van der Waals surface area contributed by atoms with E-state index in [0.29, 0.717) is 43.8 Å². The maximum Gasteiger partial charge on any atom is 0.333 e. The van der Waals surface area contributed by atoms with Crippen LogP contribution in [0.15, 0.2) is 53.0 Å². The predicted octanol–water partition coefficient (Wildman–Crippen LogP) is 8.99. The van der Waals surface area contributed by atoms with Crippen molar-refractivity contribution in [1.82, 2.24) is 0 Å². The first-order valence-corrected chi connectivity index (χ1v) is 17.5. The molecular formula is C37H50O8S. The molecule has 0 radical (unpaired) electrons. The highest BCUT2D eigenvalue weighted by Gasteiger charge is 2.47. The number of benzene rings is 1. The van der Waals surface area contributed by atoms with E-state index >= 15 is 0 Å². The number of hydrogen-bond acceptors (Lipinski definition) is 9. The molecule has 0 bridgehead atoms. The molecule has 2 fully saturated rings. The van der Waals surface area contributed by atoms with Gasteiger partial charge in [-0.05, 0) is 90.6 Å². The molecule has 2 aliphatic rings. The summed E-state index contributed by atoms with van der Waals surface area (Å²) in [5.41, 5.74) is 1.18. The second-order valence-corrected chi connectivity index (χ2v) is 14.6. The summed E-state index contributed by atoms with van der Waals surface area (Å²) in [5.74, 6) is -0.252. The quantitative estimate of drug-likeness (QED) is 0.0860. The Morgan fingerprint density at radius 3 is 2.35 bits per heavy atom. The van der Waals surface area contributed by atoms with E-state index in [1.165, 1.54) is 30.6 Å². The summed E-state index contributed by atoms with van der Waals surface area (Å²) in [4.78, 5) is 14.3. The van der Waals surface area contributed by atoms with Gasteiger partial charge in [0.1, 0.15) is 29.8 Å². The lowest BCUT2D eigenvalue weighted by atomic mass is 10.0. The molecule has 0 amide bonds. The lowest BCUT2D eigenvalue weighted by molar-refractivity contribution is -0.157. The van der Waals surface area contributed by atoms with Crippen molar-refractivity contribution in [3.05, 3.63) is 53.4 Å². The maximum absolute atomic E-state index is 11.7. The highest BCUT2D eigenvalue weighted by molar-refractivity contribution is 7.15. The summed E-state index contributed by atoms with van der Waals surface area (Å²) in [5, 5.41) is 1.04. The number of rotatable bonds is 16. The summed E-state index contributed by atoms with van der Waals surface area (Å²) in [6.07, 6.45) is 7.19. The van der Waals surface area contributed by atoms with Crippen molar-refractivity contribution < 1.29 is 37.6 Å². The SMILES string of the molecule is C=C(C)C(=O)OCCCC1OC(C)(C)OC1CC1OC(C)(C)OC1COc1ccc2cc(-c3ccc(CCCCCC)s3)oc2c1. The van der Waals surface area contributed by atoms with Crippen LogP contribution >= 0.6 is 11.3 Å². The molecule has 1 aromatic carbocycles. The molecule has 4 heterocycles. The standard InChI is InChI=1S/C37H50O8S/c1-8-9-10-11-13-27-17-18-34(46-27)32-20-25-15-16-26(21-29(25)41-32)40-23-33-31(44-37(6,7)45-33)22-30-28(42-36(4,5)43-30)14-12-19-39-35(38)24(2)3/h15-18,20-21,28,30-31,33H,2,8-14,19,22-23H2,1,3-7H3. The molecule has 5 rings (SSSR count). The first kappa shape index (κ1) is 34.6. The molecule has 46 heavy (non-hydrogen) atoms. The topological polar surface area (TPSA) is 85.6 Å². The van der Waals surface area contributed by atoms with Gasteiger partial charge in [-0.1, -0.05) is 32.8 Å². The second kappa shape index (κ2) is 15.0. The van der Waals surface area contributed by atoms with Crippen LogP contribution in [0, 0.1) is 0 Å². The van der Waals surface area contributed by atoms with E-state index in [9.17, 15) is 4.79 Å². The van der Waals surface area contributed by atoms with Gasteiger partial charge in [0.15, 0.2) is 11.6 Å². The van der Waals surface area contributed by atoms with Gasteiger partial charge in [-0.15, -0.1) is 11.3 Å². The van der Waals surface area contributed by atoms with Gasteiger partial charge in [0.05, 0.1) is 29.8 Å². The van der Waals surface area contributed by atoms with Crippen LogP contribution in [-0.4, -0.2) is 55.2 Å². The molecule has 0 N–H and O–H groups in total. The van der Waals surface area contributed by atoms with E-state index in [4.69, 9.17) is 32.8 Å². The number of aryl methyl sites for hydroxylation is 1. The monoisotopic (exact) mass is 654 g/mol. The van der Waals surface area contributed by atoms with Gasteiger partial charge >= 0.3 is 5.97 Å². The minimum atomic E-state index is -0.755. The van der Waals surface area contributed by atoms with Gasteiger partial charge < -0.3 is 32.8 Å². The van der Waals surface area contributed by atoms with Crippen LogP contribution in [-0.2, 0) is 34.9 Å². The summed E-state index contributed by atoms with van der Waals surface area (Å²) in [6.45, 7) is 15.8. The van der Waals surface area contributed by atoms with E-state index in [2.05, 4.69) is 31.7 Å². The van der Waals surface area contributed by atoms with Crippen LogP contribution < -0.4 is 4.74 Å². The summed E-state index contributed by atoms with van der Waals surface area (Å²) < 4.78 is 43.0. The minimum Gasteiger partial charge on any atom is -0.491 e. The molecule has 2 aliphatic heterocycles. The predicted molar refractivity (Wildman–Crippen MR) is 180 cm³/mol. The van der Waals surface area contributed by atoms with E-state index in [1.54, 1.807) is 6.92 Å². The van der Waals surface area contributed by atoms with E-state index in [1.807, 2.05) is 57.2 Å². The molecule has 2 aromatic heterocycles. The molecule has 252 valence electrons. The number of unbranched alkanes of at least 4 members (excludes halogenated alkanes) is 3.